The number of carboxylic acids is 1. The Morgan fingerprint density at radius 3 is 2.75 bits per heavy atom. The van der Waals surface area contributed by atoms with Crippen LogP contribution in [0.25, 0.3) is 0 Å². The highest BCUT2D eigenvalue weighted by Crippen LogP contribution is 2.27. The van der Waals surface area contributed by atoms with Crippen molar-refractivity contribution in [2.24, 2.45) is 0 Å². The molecule has 0 bridgehead atoms. The van der Waals surface area contributed by atoms with Crippen LogP contribution in [-0.4, -0.2) is 37.7 Å². The summed E-state index contributed by atoms with van der Waals surface area (Å²) >= 11 is 1.44. The van der Waals surface area contributed by atoms with Crippen LogP contribution in [0, 0.1) is 0 Å². The van der Waals surface area contributed by atoms with Crippen molar-refractivity contribution >= 4 is 17.7 Å². The normalized spacial score (nSPS) is 10.1. The van der Waals surface area contributed by atoms with Gasteiger partial charge >= 0.3 is 5.97 Å². The van der Waals surface area contributed by atoms with E-state index >= 15 is 0 Å². The van der Waals surface area contributed by atoms with Gasteiger partial charge in [-0.3, -0.25) is 0 Å². The van der Waals surface area contributed by atoms with E-state index in [9.17, 15) is 4.79 Å². The predicted octanol–water partition coefficient (Wildman–Crippen LogP) is 2.13. The molecule has 0 aliphatic heterocycles. The second kappa shape index (κ2) is 6.40. The highest BCUT2D eigenvalue weighted by atomic mass is 32.2. The van der Waals surface area contributed by atoms with Crippen molar-refractivity contribution in [3.05, 3.63) is 23.8 Å². The van der Waals surface area contributed by atoms with Crippen LogP contribution >= 0.6 is 11.8 Å². The van der Waals surface area contributed by atoms with Gasteiger partial charge in [0.1, 0.15) is 5.75 Å². The Hall–Kier alpha value is -1.20. The summed E-state index contributed by atoms with van der Waals surface area (Å²) in [5.41, 5.74) is 0.293. The first-order valence-corrected chi connectivity index (χ1v) is 5.70. The maximum Gasteiger partial charge on any atom is 0.336 e. The van der Waals surface area contributed by atoms with Gasteiger partial charge in [0.15, 0.2) is 0 Å². The first kappa shape index (κ1) is 12.9. The summed E-state index contributed by atoms with van der Waals surface area (Å²) < 4.78 is 9.98. The zero-order valence-electron chi connectivity index (χ0n) is 9.23. The minimum atomic E-state index is -0.928. The number of aromatic carboxylic acids is 1. The fourth-order valence-electron chi connectivity index (χ4n) is 1.16. The summed E-state index contributed by atoms with van der Waals surface area (Å²) in [6.07, 6.45) is 0. The van der Waals surface area contributed by atoms with E-state index in [0.29, 0.717) is 28.6 Å². The summed E-state index contributed by atoms with van der Waals surface area (Å²) in [5.74, 6) is 0.441. The third-order valence-electron chi connectivity index (χ3n) is 1.96. The molecule has 4 nitrogen and oxygen atoms in total. The van der Waals surface area contributed by atoms with Gasteiger partial charge in [0.05, 0.1) is 19.3 Å². The third kappa shape index (κ3) is 3.43. The summed E-state index contributed by atoms with van der Waals surface area (Å²) in [6, 6.07) is 4.92. The quantitative estimate of drug-likeness (QED) is 0.611. The Morgan fingerprint density at radius 1 is 1.44 bits per heavy atom. The molecule has 0 saturated heterocycles. The number of benzene rings is 1. The van der Waals surface area contributed by atoms with Crippen LogP contribution in [0.3, 0.4) is 0 Å². The molecule has 0 unspecified atom stereocenters. The van der Waals surface area contributed by atoms with E-state index in [1.165, 1.54) is 11.8 Å². The summed E-state index contributed by atoms with van der Waals surface area (Å²) in [4.78, 5) is 11.7. The van der Waals surface area contributed by atoms with Gasteiger partial charge in [0, 0.05) is 17.8 Å². The molecular formula is C11H14O4S. The molecule has 0 aliphatic rings. The smallest absolute Gasteiger partial charge is 0.336 e. The van der Waals surface area contributed by atoms with Gasteiger partial charge < -0.3 is 14.6 Å². The Kier molecular flexibility index (Phi) is 5.14. The minimum absolute atomic E-state index is 0.293. The zero-order chi connectivity index (χ0) is 12.0. The fraction of sp³-hybridized carbons (Fsp3) is 0.364. The fourth-order valence-corrected chi connectivity index (χ4v) is 2.14. The van der Waals surface area contributed by atoms with Crippen LogP contribution in [0.5, 0.6) is 5.75 Å². The number of ether oxygens (including phenoxy) is 2. The summed E-state index contributed by atoms with van der Waals surface area (Å²) in [5, 5.41) is 9.00. The third-order valence-corrected chi connectivity index (χ3v) is 2.98. The van der Waals surface area contributed by atoms with Crippen LogP contribution in [0.4, 0.5) is 0 Å². The molecule has 0 saturated carbocycles. The maximum absolute atomic E-state index is 11.0. The zero-order valence-corrected chi connectivity index (χ0v) is 10.0. The van der Waals surface area contributed by atoms with Gasteiger partial charge in [-0.15, -0.1) is 11.8 Å². The Labute approximate surface area is 98.6 Å². The Bertz CT molecular complexity index is 365. The lowest BCUT2D eigenvalue weighted by atomic mass is 10.2. The average Bonchev–Trinajstić information content (AvgIpc) is 2.29. The predicted molar refractivity (Wildman–Crippen MR) is 62.6 cm³/mol. The number of hydrogen-bond donors (Lipinski definition) is 1. The highest BCUT2D eigenvalue weighted by Gasteiger charge is 2.11. The first-order valence-electron chi connectivity index (χ1n) is 4.72. The molecule has 0 fully saturated rings. The molecule has 0 radical (unpaired) electrons. The number of hydrogen-bond acceptors (Lipinski definition) is 4. The minimum Gasteiger partial charge on any atom is -0.497 e. The van der Waals surface area contributed by atoms with E-state index < -0.39 is 5.97 Å². The van der Waals surface area contributed by atoms with Gasteiger partial charge in [-0.2, -0.15) is 0 Å². The molecule has 0 atom stereocenters. The van der Waals surface area contributed by atoms with E-state index in [2.05, 4.69) is 0 Å². The first-order chi connectivity index (χ1) is 7.69. The Morgan fingerprint density at radius 2 is 2.19 bits per heavy atom. The van der Waals surface area contributed by atoms with Crippen LogP contribution in [0.2, 0.25) is 0 Å². The maximum atomic E-state index is 11.0. The topological polar surface area (TPSA) is 55.8 Å². The molecule has 1 aromatic carbocycles. The van der Waals surface area contributed by atoms with Crippen LogP contribution in [0.15, 0.2) is 23.1 Å². The number of methoxy groups -OCH3 is 2. The van der Waals surface area contributed by atoms with Crippen molar-refractivity contribution in [2.75, 3.05) is 26.6 Å². The molecule has 5 heteroatoms. The average molecular weight is 242 g/mol. The highest BCUT2D eigenvalue weighted by molar-refractivity contribution is 7.99. The molecule has 88 valence electrons. The lowest BCUT2D eigenvalue weighted by Gasteiger charge is -2.07. The monoisotopic (exact) mass is 242 g/mol. The van der Waals surface area contributed by atoms with E-state index in [0.717, 1.165) is 0 Å². The number of carbonyl (C=O) groups is 1. The van der Waals surface area contributed by atoms with E-state index in [1.54, 1.807) is 32.4 Å². The van der Waals surface area contributed by atoms with Crippen molar-refractivity contribution < 1.29 is 19.4 Å². The standard InChI is InChI=1S/C11H14O4S/c1-14-5-6-16-10-7-8(15-2)3-4-9(10)11(12)13/h3-4,7H,5-6H2,1-2H3,(H,12,13). The van der Waals surface area contributed by atoms with Crippen molar-refractivity contribution in [1.82, 2.24) is 0 Å². The molecule has 1 N–H and O–H groups in total. The van der Waals surface area contributed by atoms with Crippen molar-refractivity contribution in [3.8, 4) is 5.75 Å². The molecule has 0 aliphatic carbocycles. The van der Waals surface area contributed by atoms with E-state index in [1.807, 2.05) is 0 Å². The number of carboxylic acid groups (broad SMARTS) is 1. The SMILES string of the molecule is COCCSc1cc(OC)ccc1C(=O)O. The molecule has 1 aromatic rings. The largest absolute Gasteiger partial charge is 0.497 e. The molecule has 1 rings (SSSR count). The van der Waals surface area contributed by atoms with Gasteiger partial charge in [-0.05, 0) is 18.2 Å². The van der Waals surface area contributed by atoms with Crippen LogP contribution in [-0.2, 0) is 4.74 Å². The molecule has 0 heterocycles. The van der Waals surface area contributed by atoms with Crippen molar-refractivity contribution in [3.63, 3.8) is 0 Å². The molecule has 0 amide bonds. The second-order valence-electron chi connectivity index (χ2n) is 3.01. The van der Waals surface area contributed by atoms with Crippen molar-refractivity contribution in [1.29, 1.82) is 0 Å². The van der Waals surface area contributed by atoms with Gasteiger partial charge in [-0.25, -0.2) is 4.79 Å². The van der Waals surface area contributed by atoms with Gasteiger partial charge in [0.25, 0.3) is 0 Å². The van der Waals surface area contributed by atoms with Crippen LogP contribution < -0.4 is 4.74 Å². The molecular weight excluding hydrogens is 228 g/mol. The van der Waals surface area contributed by atoms with Crippen molar-refractivity contribution in [2.45, 2.75) is 4.90 Å². The van der Waals surface area contributed by atoms with E-state index in [4.69, 9.17) is 14.6 Å². The molecule has 0 spiro atoms. The Balaban J connectivity index is 2.87. The number of thioether (sulfide) groups is 1. The van der Waals surface area contributed by atoms with Gasteiger partial charge in [-0.1, -0.05) is 0 Å². The molecule has 0 aromatic heterocycles. The molecule has 16 heavy (non-hydrogen) atoms. The number of rotatable bonds is 6. The lowest BCUT2D eigenvalue weighted by Crippen LogP contribution is -2.00. The summed E-state index contributed by atoms with van der Waals surface area (Å²) in [6.45, 7) is 0.584. The summed E-state index contributed by atoms with van der Waals surface area (Å²) in [7, 11) is 3.17. The van der Waals surface area contributed by atoms with Gasteiger partial charge in [0.2, 0.25) is 0 Å². The second-order valence-corrected chi connectivity index (χ2v) is 4.15. The lowest BCUT2D eigenvalue weighted by molar-refractivity contribution is 0.0693. The van der Waals surface area contributed by atoms with Crippen LogP contribution in [0.1, 0.15) is 10.4 Å². The van der Waals surface area contributed by atoms with E-state index in [-0.39, 0.29) is 0 Å².